The van der Waals surface area contributed by atoms with E-state index in [2.05, 4.69) is 15.6 Å². The van der Waals surface area contributed by atoms with Crippen molar-refractivity contribution in [2.24, 2.45) is 0 Å². The van der Waals surface area contributed by atoms with E-state index in [0.717, 1.165) is 5.56 Å². The number of aryl methyl sites for hydroxylation is 2. The summed E-state index contributed by atoms with van der Waals surface area (Å²) in [7, 11) is 1.53. The Kier molecular flexibility index (Phi) is 5.30. The zero-order valence-corrected chi connectivity index (χ0v) is 15.2. The number of rotatable bonds is 5. The number of amides is 2. The molecule has 2 N–H and O–H groups in total. The minimum Gasteiger partial charge on any atom is -0.355 e. The Morgan fingerprint density at radius 1 is 1.11 bits per heavy atom. The lowest BCUT2D eigenvalue weighted by molar-refractivity contribution is -0.116. The number of nitrogens with one attached hydrogen (secondary N) is 2. The van der Waals surface area contributed by atoms with E-state index >= 15 is 0 Å². The second-order valence-electron chi connectivity index (χ2n) is 6.14. The standard InChI is InChI=1S/C20H20N4O3/c1-13-6-5-8-15-18(13)22-12-24(20(15)27)11-10-17(25)23-16-9-4-3-7-14(16)19(26)21-2/h3-9,12H,10-11H2,1-2H3,(H,21,26)(H,23,25). The molecule has 0 spiro atoms. The van der Waals surface area contributed by atoms with Gasteiger partial charge in [-0.25, -0.2) is 4.98 Å². The quantitative estimate of drug-likeness (QED) is 0.725. The average Bonchev–Trinajstić information content (AvgIpc) is 2.68. The normalized spacial score (nSPS) is 10.6. The van der Waals surface area contributed by atoms with Gasteiger partial charge in [0, 0.05) is 20.0 Å². The molecule has 0 atom stereocenters. The van der Waals surface area contributed by atoms with Gasteiger partial charge in [0.05, 0.1) is 28.5 Å². The van der Waals surface area contributed by atoms with Gasteiger partial charge in [0.2, 0.25) is 5.91 Å². The fraction of sp³-hybridized carbons (Fsp3) is 0.200. The van der Waals surface area contributed by atoms with E-state index in [-0.39, 0.29) is 30.3 Å². The average molecular weight is 364 g/mol. The first-order valence-electron chi connectivity index (χ1n) is 8.57. The number of hydrogen-bond acceptors (Lipinski definition) is 4. The van der Waals surface area contributed by atoms with Gasteiger partial charge in [-0.05, 0) is 30.7 Å². The van der Waals surface area contributed by atoms with Crippen molar-refractivity contribution in [2.75, 3.05) is 12.4 Å². The van der Waals surface area contributed by atoms with Gasteiger partial charge in [0.25, 0.3) is 11.5 Å². The van der Waals surface area contributed by atoms with Gasteiger partial charge < -0.3 is 10.6 Å². The van der Waals surface area contributed by atoms with Gasteiger partial charge in [0.1, 0.15) is 0 Å². The summed E-state index contributed by atoms with van der Waals surface area (Å²) in [6, 6.07) is 12.2. The van der Waals surface area contributed by atoms with Gasteiger partial charge in [0.15, 0.2) is 0 Å². The van der Waals surface area contributed by atoms with E-state index in [1.165, 1.54) is 17.9 Å². The second-order valence-corrected chi connectivity index (χ2v) is 6.14. The monoisotopic (exact) mass is 364 g/mol. The molecule has 27 heavy (non-hydrogen) atoms. The van der Waals surface area contributed by atoms with Crippen LogP contribution in [0.4, 0.5) is 5.69 Å². The van der Waals surface area contributed by atoms with Crippen LogP contribution < -0.4 is 16.2 Å². The van der Waals surface area contributed by atoms with Crippen molar-refractivity contribution in [3.8, 4) is 0 Å². The lowest BCUT2D eigenvalue weighted by Gasteiger charge is -2.11. The lowest BCUT2D eigenvalue weighted by atomic mass is 10.1. The molecule has 0 saturated carbocycles. The summed E-state index contributed by atoms with van der Waals surface area (Å²) in [4.78, 5) is 41.1. The molecule has 1 aromatic heterocycles. The van der Waals surface area contributed by atoms with Crippen LogP contribution in [-0.2, 0) is 11.3 Å². The number of para-hydroxylation sites is 2. The third-order valence-corrected chi connectivity index (χ3v) is 4.31. The van der Waals surface area contributed by atoms with Crippen molar-refractivity contribution >= 4 is 28.4 Å². The van der Waals surface area contributed by atoms with E-state index in [1.807, 2.05) is 19.1 Å². The van der Waals surface area contributed by atoms with Gasteiger partial charge in [-0.15, -0.1) is 0 Å². The lowest BCUT2D eigenvalue weighted by Crippen LogP contribution is -2.25. The van der Waals surface area contributed by atoms with Gasteiger partial charge in [-0.1, -0.05) is 24.3 Å². The minimum atomic E-state index is -0.289. The highest BCUT2D eigenvalue weighted by Crippen LogP contribution is 2.15. The Morgan fingerprint density at radius 3 is 2.67 bits per heavy atom. The smallest absolute Gasteiger partial charge is 0.261 e. The highest BCUT2D eigenvalue weighted by atomic mass is 16.2. The van der Waals surface area contributed by atoms with E-state index in [0.29, 0.717) is 22.2 Å². The third-order valence-electron chi connectivity index (χ3n) is 4.31. The largest absolute Gasteiger partial charge is 0.355 e. The molecule has 0 aliphatic carbocycles. The first-order chi connectivity index (χ1) is 13.0. The maximum absolute atomic E-state index is 12.6. The summed E-state index contributed by atoms with van der Waals surface area (Å²) in [6.45, 7) is 2.10. The molecule has 0 bridgehead atoms. The minimum absolute atomic E-state index is 0.0843. The summed E-state index contributed by atoms with van der Waals surface area (Å²) in [6.07, 6.45) is 1.55. The maximum atomic E-state index is 12.6. The van der Waals surface area contributed by atoms with Crippen LogP contribution in [0.2, 0.25) is 0 Å². The van der Waals surface area contributed by atoms with Crippen molar-refractivity contribution in [1.82, 2.24) is 14.9 Å². The van der Waals surface area contributed by atoms with E-state index in [4.69, 9.17) is 0 Å². The molecule has 2 aromatic carbocycles. The van der Waals surface area contributed by atoms with Crippen molar-refractivity contribution in [3.05, 3.63) is 70.3 Å². The highest BCUT2D eigenvalue weighted by Gasteiger charge is 2.12. The maximum Gasteiger partial charge on any atom is 0.261 e. The fourth-order valence-corrected chi connectivity index (χ4v) is 2.86. The van der Waals surface area contributed by atoms with E-state index < -0.39 is 0 Å². The number of benzene rings is 2. The Morgan fingerprint density at radius 2 is 1.89 bits per heavy atom. The summed E-state index contributed by atoms with van der Waals surface area (Å²) in [5.41, 5.74) is 2.24. The van der Waals surface area contributed by atoms with Crippen LogP contribution in [0, 0.1) is 6.92 Å². The number of hydrogen-bond donors (Lipinski definition) is 2. The number of carbonyl (C=O) groups excluding carboxylic acids is 2. The number of fused-ring (bicyclic) bond motifs is 1. The SMILES string of the molecule is CNC(=O)c1ccccc1NC(=O)CCn1cnc2c(C)cccc2c1=O. The Hall–Kier alpha value is -3.48. The summed E-state index contributed by atoms with van der Waals surface area (Å²) in [5.74, 6) is -0.571. The number of carbonyl (C=O) groups is 2. The predicted octanol–water partition coefficient (Wildman–Crippen LogP) is 2.09. The molecule has 138 valence electrons. The van der Waals surface area contributed by atoms with E-state index in [1.54, 1.807) is 30.3 Å². The molecular weight excluding hydrogens is 344 g/mol. The summed E-state index contributed by atoms with van der Waals surface area (Å²) in [5, 5.41) is 5.79. The molecule has 0 aliphatic heterocycles. The predicted molar refractivity (Wildman–Crippen MR) is 104 cm³/mol. The zero-order chi connectivity index (χ0) is 19.4. The van der Waals surface area contributed by atoms with Crippen molar-refractivity contribution in [3.63, 3.8) is 0 Å². The van der Waals surface area contributed by atoms with Gasteiger partial charge in [-0.2, -0.15) is 0 Å². The van der Waals surface area contributed by atoms with Crippen LogP contribution >= 0.6 is 0 Å². The second kappa shape index (κ2) is 7.82. The molecule has 0 aliphatic rings. The molecule has 0 saturated heterocycles. The summed E-state index contributed by atoms with van der Waals surface area (Å²) >= 11 is 0. The molecule has 0 unspecified atom stereocenters. The number of anilines is 1. The fourth-order valence-electron chi connectivity index (χ4n) is 2.86. The van der Waals surface area contributed by atoms with Crippen LogP contribution in [0.3, 0.4) is 0 Å². The molecule has 0 radical (unpaired) electrons. The number of nitrogens with zero attached hydrogens (tertiary/aromatic N) is 2. The van der Waals surface area contributed by atoms with Gasteiger partial charge in [-0.3, -0.25) is 19.0 Å². The van der Waals surface area contributed by atoms with Crippen LogP contribution in [-0.4, -0.2) is 28.4 Å². The molecule has 1 heterocycles. The summed E-state index contributed by atoms with van der Waals surface area (Å²) < 4.78 is 1.42. The molecule has 7 nitrogen and oxygen atoms in total. The number of aromatic nitrogens is 2. The molecule has 3 rings (SSSR count). The Bertz CT molecular complexity index is 1070. The first kappa shape index (κ1) is 18.3. The van der Waals surface area contributed by atoms with Crippen molar-refractivity contribution in [1.29, 1.82) is 0 Å². The van der Waals surface area contributed by atoms with Crippen LogP contribution in [0.25, 0.3) is 10.9 Å². The van der Waals surface area contributed by atoms with Crippen LogP contribution in [0.5, 0.6) is 0 Å². The molecule has 7 heteroatoms. The topological polar surface area (TPSA) is 93.1 Å². The molecule has 0 fully saturated rings. The Labute approximate surface area is 156 Å². The van der Waals surface area contributed by atoms with Crippen molar-refractivity contribution < 1.29 is 9.59 Å². The van der Waals surface area contributed by atoms with Crippen LogP contribution in [0.1, 0.15) is 22.3 Å². The van der Waals surface area contributed by atoms with Gasteiger partial charge >= 0.3 is 0 Å². The molecule has 3 aromatic rings. The van der Waals surface area contributed by atoms with E-state index in [9.17, 15) is 14.4 Å². The highest BCUT2D eigenvalue weighted by molar-refractivity contribution is 6.03. The molecule has 2 amide bonds. The molecular formula is C20H20N4O3. The Balaban J connectivity index is 1.74. The van der Waals surface area contributed by atoms with Crippen LogP contribution in [0.15, 0.2) is 53.6 Å². The van der Waals surface area contributed by atoms with Crippen molar-refractivity contribution in [2.45, 2.75) is 19.9 Å². The zero-order valence-electron chi connectivity index (χ0n) is 15.2. The first-order valence-corrected chi connectivity index (χ1v) is 8.57. The third kappa shape index (κ3) is 3.87.